The number of fused-ring (bicyclic) bond motifs is 1. The van der Waals surface area contributed by atoms with Gasteiger partial charge in [-0.1, -0.05) is 104 Å². The van der Waals surface area contributed by atoms with E-state index in [0.29, 0.717) is 49.7 Å². The summed E-state index contributed by atoms with van der Waals surface area (Å²) in [5.41, 5.74) is 4.95. The molecule has 0 amide bonds. The Hall–Kier alpha value is -4.19. The lowest BCUT2D eigenvalue weighted by Gasteiger charge is -2.26. The van der Waals surface area contributed by atoms with E-state index in [1.54, 1.807) is 18.6 Å². The van der Waals surface area contributed by atoms with E-state index in [1.165, 1.54) is 11.3 Å². The summed E-state index contributed by atoms with van der Waals surface area (Å²) in [5, 5.41) is 0.639. The zero-order valence-corrected chi connectivity index (χ0v) is 31.1. The number of carbonyl (C=O) groups is 1. The van der Waals surface area contributed by atoms with Crippen molar-refractivity contribution in [1.29, 1.82) is 0 Å². The maximum absolute atomic E-state index is 14.4. The van der Waals surface area contributed by atoms with Crippen molar-refractivity contribution in [3.63, 3.8) is 0 Å². The lowest BCUT2D eigenvalue weighted by Crippen LogP contribution is -2.40. The number of esters is 1. The molecule has 0 saturated carbocycles. The Kier molecular flexibility index (Phi) is 10.7. The van der Waals surface area contributed by atoms with Gasteiger partial charge >= 0.3 is 5.97 Å². The third-order valence-corrected chi connectivity index (χ3v) is 10.1. The average Bonchev–Trinajstić information content (AvgIpc) is 3.41. The zero-order chi connectivity index (χ0) is 34.7. The van der Waals surface area contributed by atoms with Crippen molar-refractivity contribution in [2.45, 2.75) is 39.3 Å². The van der Waals surface area contributed by atoms with E-state index < -0.39 is 12.0 Å². The van der Waals surface area contributed by atoms with E-state index in [-0.39, 0.29) is 12.2 Å². The van der Waals surface area contributed by atoms with Crippen LogP contribution >= 0.6 is 45.5 Å². The van der Waals surface area contributed by atoms with Crippen molar-refractivity contribution in [1.82, 2.24) is 4.57 Å². The van der Waals surface area contributed by atoms with Gasteiger partial charge in [-0.25, -0.2) is 9.79 Å². The molecular formula is C39H34ClIN2O5S. The first-order valence-electron chi connectivity index (χ1n) is 15.8. The van der Waals surface area contributed by atoms with Gasteiger partial charge in [0.05, 0.1) is 39.1 Å². The number of halogens is 2. The molecule has 1 aliphatic rings. The maximum atomic E-state index is 14.4. The number of thiazole rings is 1. The standard InChI is InChI=1S/C39H34ClIN2O5S/c1-5-47-38(45)33-34(27-11-7-6-8-12-27)42-39-43(35(33)28-16-14-26(15-17-28)23(2)3)37(44)32(49-39)21-25-19-30(41)36(31(20-25)46-4)48-22-24-10-9-13-29(40)18-24/h6-21,23,35H,5,22H2,1-4H3/b32-21-/t35-/m1/s1. The summed E-state index contributed by atoms with van der Waals surface area (Å²) in [5.74, 6) is 0.944. The Morgan fingerprint density at radius 2 is 1.80 bits per heavy atom. The first-order chi connectivity index (χ1) is 23.7. The van der Waals surface area contributed by atoms with Gasteiger partial charge in [-0.15, -0.1) is 0 Å². The molecule has 10 heteroatoms. The largest absolute Gasteiger partial charge is 0.493 e. The topological polar surface area (TPSA) is 79.1 Å². The molecule has 2 heterocycles. The van der Waals surface area contributed by atoms with E-state index in [1.807, 2.05) is 97.1 Å². The minimum Gasteiger partial charge on any atom is -0.493 e. The third-order valence-electron chi connectivity index (χ3n) is 8.11. The molecule has 0 aliphatic carbocycles. The molecule has 7 nitrogen and oxygen atoms in total. The molecule has 0 bridgehead atoms. The highest BCUT2D eigenvalue weighted by atomic mass is 127. The van der Waals surface area contributed by atoms with E-state index in [2.05, 4.69) is 36.4 Å². The summed E-state index contributed by atoms with van der Waals surface area (Å²) < 4.78 is 20.4. The number of ether oxygens (including phenoxy) is 3. The second kappa shape index (κ2) is 15.1. The van der Waals surface area contributed by atoms with Crippen molar-refractivity contribution in [2.24, 2.45) is 4.99 Å². The zero-order valence-electron chi connectivity index (χ0n) is 27.4. The van der Waals surface area contributed by atoms with E-state index in [4.69, 9.17) is 30.8 Å². The predicted molar refractivity (Wildman–Crippen MR) is 203 cm³/mol. The van der Waals surface area contributed by atoms with Crippen LogP contribution in [-0.2, 0) is 16.1 Å². The second-order valence-electron chi connectivity index (χ2n) is 11.7. The Morgan fingerprint density at radius 1 is 1.04 bits per heavy atom. The third kappa shape index (κ3) is 7.39. The van der Waals surface area contributed by atoms with Crippen molar-refractivity contribution >= 4 is 63.3 Å². The fourth-order valence-corrected chi connectivity index (χ4v) is 7.71. The molecule has 49 heavy (non-hydrogen) atoms. The van der Waals surface area contributed by atoms with Crippen LogP contribution in [0.25, 0.3) is 11.8 Å². The van der Waals surface area contributed by atoms with E-state index >= 15 is 0 Å². The summed E-state index contributed by atoms with van der Waals surface area (Å²) in [4.78, 5) is 33.6. The highest BCUT2D eigenvalue weighted by molar-refractivity contribution is 14.1. The Bertz CT molecular complexity index is 2230. The number of hydrogen-bond acceptors (Lipinski definition) is 7. The number of methoxy groups -OCH3 is 1. The molecule has 0 spiro atoms. The molecule has 1 atom stereocenters. The molecule has 1 aromatic heterocycles. The van der Waals surface area contributed by atoms with Gasteiger partial charge in [-0.3, -0.25) is 9.36 Å². The molecular weight excluding hydrogens is 771 g/mol. The summed E-state index contributed by atoms with van der Waals surface area (Å²) >= 11 is 9.64. The fourth-order valence-electron chi connectivity index (χ4n) is 5.72. The predicted octanol–water partition coefficient (Wildman–Crippen LogP) is 7.90. The summed E-state index contributed by atoms with van der Waals surface area (Å²) in [6.45, 7) is 6.53. The molecule has 0 radical (unpaired) electrons. The molecule has 1 aliphatic heterocycles. The Balaban J connectivity index is 1.49. The molecule has 0 fully saturated rings. The fraction of sp³-hybridized carbons (Fsp3) is 0.205. The van der Waals surface area contributed by atoms with Crippen LogP contribution in [0.4, 0.5) is 0 Å². The number of benzene rings is 4. The van der Waals surface area contributed by atoms with Crippen LogP contribution in [-0.4, -0.2) is 24.3 Å². The monoisotopic (exact) mass is 804 g/mol. The van der Waals surface area contributed by atoms with Crippen LogP contribution in [0.1, 0.15) is 60.5 Å². The Morgan fingerprint density at radius 3 is 2.47 bits per heavy atom. The number of carbonyl (C=O) groups excluding carboxylic acids is 1. The van der Waals surface area contributed by atoms with Crippen LogP contribution in [0, 0.1) is 3.57 Å². The minimum absolute atomic E-state index is 0.188. The smallest absolute Gasteiger partial charge is 0.338 e. The number of hydrogen-bond donors (Lipinski definition) is 0. The summed E-state index contributed by atoms with van der Waals surface area (Å²) in [6, 6.07) is 28.2. The average molecular weight is 805 g/mol. The van der Waals surface area contributed by atoms with Crippen molar-refractivity contribution in [3.8, 4) is 11.5 Å². The van der Waals surface area contributed by atoms with Crippen LogP contribution in [0.3, 0.4) is 0 Å². The van der Waals surface area contributed by atoms with Crippen LogP contribution < -0.4 is 24.4 Å². The molecule has 4 aromatic carbocycles. The van der Waals surface area contributed by atoms with Gasteiger partial charge in [0, 0.05) is 10.6 Å². The Labute approximate surface area is 307 Å². The van der Waals surface area contributed by atoms with Crippen LogP contribution in [0.2, 0.25) is 5.02 Å². The first kappa shape index (κ1) is 34.7. The van der Waals surface area contributed by atoms with Gasteiger partial charge < -0.3 is 14.2 Å². The van der Waals surface area contributed by atoms with Crippen LogP contribution in [0.5, 0.6) is 11.5 Å². The molecule has 0 saturated heterocycles. The number of rotatable bonds is 10. The minimum atomic E-state index is -0.745. The molecule has 0 N–H and O–H groups in total. The molecule has 0 unspecified atom stereocenters. The van der Waals surface area contributed by atoms with E-state index in [0.717, 1.165) is 31.4 Å². The molecule has 250 valence electrons. The lowest BCUT2D eigenvalue weighted by molar-refractivity contribution is -0.138. The highest BCUT2D eigenvalue weighted by Gasteiger charge is 2.35. The molecule has 5 aromatic rings. The van der Waals surface area contributed by atoms with Gasteiger partial charge in [0.2, 0.25) is 0 Å². The van der Waals surface area contributed by atoms with Crippen molar-refractivity contribution in [3.05, 3.63) is 153 Å². The summed E-state index contributed by atoms with van der Waals surface area (Å²) in [7, 11) is 1.59. The van der Waals surface area contributed by atoms with Gasteiger partial charge in [-0.05, 0) is 88.0 Å². The van der Waals surface area contributed by atoms with E-state index in [9.17, 15) is 9.59 Å². The quantitative estimate of drug-likeness (QED) is 0.106. The van der Waals surface area contributed by atoms with Gasteiger partial charge in [0.15, 0.2) is 16.3 Å². The lowest BCUT2D eigenvalue weighted by atomic mass is 9.91. The van der Waals surface area contributed by atoms with Crippen molar-refractivity contribution in [2.75, 3.05) is 13.7 Å². The van der Waals surface area contributed by atoms with Crippen molar-refractivity contribution < 1.29 is 19.0 Å². The second-order valence-corrected chi connectivity index (χ2v) is 14.3. The van der Waals surface area contributed by atoms with Gasteiger partial charge in [0.25, 0.3) is 5.56 Å². The maximum Gasteiger partial charge on any atom is 0.338 e. The SMILES string of the molecule is CCOC(=O)C1=C(c2ccccc2)N=c2s/c(=C\c3cc(I)c(OCc4cccc(Cl)c4)c(OC)c3)c(=O)n2[C@@H]1c1ccc(C(C)C)cc1. The number of nitrogens with zero attached hydrogens (tertiary/aromatic N) is 2. The molecule has 6 rings (SSSR count). The highest BCUT2D eigenvalue weighted by Crippen LogP contribution is 2.37. The number of aromatic nitrogens is 1. The van der Waals surface area contributed by atoms with Gasteiger partial charge in [-0.2, -0.15) is 0 Å². The normalized spacial score (nSPS) is 14.4. The van der Waals surface area contributed by atoms with Crippen LogP contribution in [0.15, 0.2) is 106 Å². The first-order valence-corrected chi connectivity index (χ1v) is 18.1. The summed E-state index contributed by atoms with van der Waals surface area (Å²) in [6.07, 6.45) is 1.82. The van der Waals surface area contributed by atoms with Gasteiger partial charge in [0.1, 0.15) is 6.61 Å².